The van der Waals surface area contributed by atoms with Gasteiger partial charge in [-0.15, -0.1) is 0 Å². The number of methoxy groups -OCH3 is 1. The van der Waals surface area contributed by atoms with Crippen LogP contribution in [0.2, 0.25) is 0 Å². The molecule has 0 saturated heterocycles. The first-order valence-electron chi connectivity index (χ1n) is 7.20. The number of rotatable bonds is 4. The summed E-state index contributed by atoms with van der Waals surface area (Å²) in [7, 11) is 1.69. The van der Waals surface area contributed by atoms with E-state index in [4.69, 9.17) is 4.74 Å². The zero-order valence-corrected chi connectivity index (χ0v) is 12.5. The Kier molecular flexibility index (Phi) is 4.14. The lowest BCUT2D eigenvalue weighted by atomic mass is 9.91. The molecular formula is C16H25NO2. The average Bonchev–Trinajstić information content (AvgIpc) is 2.76. The van der Waals surface area contributed by atoms with Crippen molar-refractivity contribution in [2.75, 3.05) is 7.11 Å². The first kappa shape index (κ1) is 14.3. The fourth-order valence-electron chi connectivity index (χ4n) is 3.28. The standard InChI is InChI=1S/C16H25NO2/c1-5-13-6-7-16(18,8-13)9-14-12(3)15(19-4)11(2)10-17-14/h10,13,18H,5-9H2,1-4H3. The smallest absolute Gasteiger partial charge is 0.128 e. The molecule has 1 aliphatic rings. The van der Waals surface area contributed by atoms with Gasteiger partial charge in [0.15, 0.2) is 0 Å². The van der Waals surface area contributed by atoms with E-state index in [1.54, 1.807) is 7.11 Å². The van der Waals surface area contributed by atoms with Crippen molar-refractivity contribution in [3.63, 3.8) is 0 Å². The van der Waals surface area contributed by atoms with Crippen LogP contribution < -0.4 is 4.74 Å². The molecule has 1 N–H and O–H groups in total. The van der Waals surface area contributed by atoms with Crippen molar-refractivity contribution in [1.29, 1.82) is 0 Å². The minimum absolute atomic E-state index is 0.571. The van der Waals surface area contributed by atoms with Crippen molar-refractivity contribution in [1.82, 2.24) is 4.98 Å². The lowest BCUT2D eigenvalue weighted by molar-refractivity contribution is 0.0425. The van der Waals surface area contributed by atoms with Crippen LogP contribution in [0.25, 0.3) is 0 Å². The normalized spacial score (nSPS) is 26.7. The fourth-order valence-corrected chi connectivity index (χ4v) is 3.28. The van der Waals surface area contributed by atoms with Gasteiger partial charge in [0.2, 0.25) is 0 Å². The highest BCUT2D eigenvalue weighted by atomic mass is 16.5. The van der Waals surface area contributed by atoms with Crippen LogP contribution >= 0.6 is 0 Å². The van der Waals surface area contributed by atoms with Crippen molar-refractivity contribution < 1.29 is 9.84 Å². The molecule has 2 rings (SSSR count). The Labute approximate surface area is 116 Å². The Balaban J connectivity index is 2.20. The molecule has 106 valence electrons. The van der Waals surface area contributed by atoms with Gasteiger partial charge >= 0.3 is 0 Å². The van der Waals surface area contributed by atoms with E-state index in [-0.39, 0.29) is 0 Å². The number of hydrogen-bond acceptors (Lipinski definition) is 3. The Bertz CT molecular complexity index is 458. The minimum Gasteiger partial charge on any atom is -0.496 e. The summed E-state index contributed by atoms with van der Waals surface area (Å²) < 4.78 is 5.43. The maximum Gasteiger partial charge on any atom is 0.128 e. The molecule has 0 aliphatic heterocycles. The van der Waals surface area contributed by atoms with E-state index >= 15 is 0 Å². The highest BCUT2D eigenvalue weighted by molar-refractivity contribution is 5.41. The molecule has 0 spiro atoms. The van der Waals surface area contributed by atoms with Crippen molar-refractivity contribution in [2.45, 2.75) is 58.5 Å². The van der Waals surface area contributed by atoms with Gasteiger partial charge in [0.05, 0.1) is 12.7 Å². The quantitative estimate of drug-likeness (QED) is 0.907. The number of aromatic nitrogens is 1. The number of aryl methyl sites for hydroxylation is 1. The third-order valence-corrected chi connectivity index (χ3v) is 4.51. The molecule has 1 saturated carbocycles. The Morgan fingerprint density at radius 2 is 2.21 bits per heavy atom. The molecule has 0 bridgehead atoms. The van der Waals surface area contributed by atoms with E-state index in [2.05, 4.69) is 11.9 Å². The summed E-state index contributed by atoms with van der Waals surface area (Å²) in [6.07, 6.45) is 6.58. The molecule has 0 aromatic carbocycles. The number of aliphatic hydroxyl groups is 1. The summed E-state index contributed by atoms with van der Waals surface area (Å²) in [5.74, 6) is 1.57. The predicted molar refractivity (Wildman–Crippen MR) is 76.5 cm³/mol. The average molecular weight is 263 g/mol. The number of nitrogens with zero attached hydrogens (tertiary/aromatic N) is 1. The van der Waals surface area contributed by atoms with Crippen LogP contribution in [-0.4, -0.2) is 22.8 Å². The van der Waals surface area contributed by atoms with Gasteiger partial charge in [-0.25, -0.2) is 0 Å². The number of pyridine rings is 1. The van der Waals surface area contributed by atoms with Crippen LogP contribution in [0.3, 0.4) is 0 Å². The molecule has 19 heavy (non-hydrogen) atoms. The third-order valence-electron chi connectivity index (χ3n) is 4.51. The highest BCUT2D eigenvalue weighted by Gasteiger charge is 2.37. The SMILES string of the molecule is CCC1CCC(O)(Cc2ncc(C)c(OC)c2C)C1. The molecule has 1 aliphatic carbocycles. The largest absolute Gasteiger partial charge is 0.496 e. The Morgan fingerprint density at radius 3 is 2.79 bits per heavy atom. The van der Waals surface area contributed by atoms with E-state index < -0.39 is 5.60 Å². The predicted octanol–water partition coefficient (Wildman–Crippen LogP) is 3.19. The number of ether oxygens (including phenoxy) is 1. The van der Waals surface area contributed by atoms with Crippen molar-refractivity contribution in [3.05, 3.63) is 23.0 Å². The molecule has 2 atom stereocenters. The van der Waals surface area contributed by atoms with E-state index in [9.17, 15) is 5.11 Å². The second-order valence-electron chi connectivity index (χ2n) is 5.96. The maximum atomic E-state index is 10.7. The monoisotopic (exact) mass is 263 g/mol. The van der Waals surface area contributed by atoms with Crippen LogP contribution in [-0.2, 0) is 6.42 Å². The van der Waals surface area contributed by atoms with E-state index in [1.165, 1.54) is 0 Å². The third kappa shape index (κ3) is 2.92. The van der Waals surface area contributed by atoms with Crippen LogP contribution in [0.15, 0.2) is 6.20 Å². The summed E-state index contributed by atoms with van der Waals surface area (Å²) in [6, 6.07) is 0. The molecule has 3 nitrogen and oxygen atoms in total. The lowest BCUT2D eigenvalue weighted by Gasteiger charge is -2.24. The van der Waals surface area contributed by atoms with Gasteiger partial charge in [-0.3, -0.25) is 4.98 Å². The van der Waals surface area contributed by atoms with Gasteiger partial charge < -0.3 is 9.84 Å². The van der Waals surface area contributed by atoms with Gasteiger partial charge in [-0.1, -0.05) is 13.3 Å². The highest BCUT2D eigenvalue weighted by Crippen LogP contribution is 2.39. The molecular weight excluding hydrogens is 238 g/mol. The fraction of sp³-hybridized carbons (Fsp3) is 0.688. The zero-order chi connectivity index (χ0) is 14.0. The van der Waals surface area contributed by atoms with Crippen LogP contribution in [0.1, 0.15) is 49.4 Å². The van der Waals surface area contributed by atoms with Crippen LogP contribution in [0.4, 0.5) is 0 Å². The van der Waals surface area contributed by atoms with E-state index in [1.807, 2.05) is 20.0 Å². The first-order valence-corrected chi connectivity index (χ1v) is 7.20. The summed E-state index contributed by atoms with van der Waals surface area (Å²) in [5, 5.41) is 10.7. The topological polar surface area (TPSA) is 42.4 Å². The van der Waals surface area contributed by atoms with Crippen molar-refractivity contribution in [2.24, 2.45) is 5.92 Å². The molecule has 1 fully saturated rings. The van der Waals surface area contributed by atoms with Crippen LogP contribution in [0.5, 0.6) is 5.75 Å². The van der Waals surface area contributed by atoms with E-state index in [0.717, 1.165) is 48.3 Å². The van der Waals surface area contributed by atoms with Gasteiger partial charge in [0, 0.05) is 29.4 Å². The summed E-state index contributed by atoms with van der Waals surface area (Å²) >= 11 is 0. The van der Waals surface area contributed by atoms with Gasteiger partial charge in [-0.2, -0.15) is 0 Å². The molecule has 2 unspecified atom stereocenters. The van der Waals surface area contributed by atoms with Crippen molar-refractivity contribution >= 4 is 0 Å². The Hall–Kier alpha value is -1.09. The second-order valence-corrected chi connectivity index (χ2v) is 5.96. The number of hydrogen-bond donors (Lipinski definition) is 1. The summed E-state index contributed by atoms with van der Waals surface area (Å²) in [6.45, 7) is 6.23. The minimum atomic E-state index is -0.571. The zero-order valence-electron chi connectivity index (χ0n) is 12.5. The first-order chi connectivity index (χ1) is 8.99. The lowest BCUT2D eigenvalue weighted by Crippen LogP contribution is -2.29. The molecule has 3 heteroatoms. The van der Waals surface area contributed by atoms with Crippen molar-refractivity contribution in [3.8, 4) is 5.75 Å². The second kappa shape index (κ2) is 5.49. The Morgan fingerprint density at radius 1 is 1.47 bits per heavy atom. The molecule has 0 amide bonds. The summed E-state index contributed by atoms with van der Waals surface area (Å²) in [4.78, 5) is 4.51. The van der Waals surface area contributed by atoms with Gasteiger partial charge in [-0.05, 0) is 39.0 Å². The van der Waals surface area contributed by atoms with Gasteiger partial charge in [0.1, 0.15) is 5.75 Å². The molecule has 1 aromatic rings. The molecule has 0 radical (unpaired) electrons. The van der Waals surface area contributed by atoms with Gasteiger partial charge in [0.25, 0.3) is 0 Å². The molecule has 1 heterocycles. The molecule has 1 aromatic heterocycles. The van der Waals surface area contributed by atoms with E-state index in [0.29, 0.717) is 12.3 Å². The summed E-state index contributed by atoms with van der Waals surface area (Å²) in [5.41, 5.74) is 2.52. The van der Waals surface area contributed by atoms with Crippen LogP contribution in [0, 0.1) is 19.8 Å². The maximum absolute atomic E-state index is 10.7.